The first-order valence-electron chi connectivity index (χ1n) is 10.1. The summed E-state index contributed by atoms with van der Waals surface area (Å²) in [6.45, 7) is 7.20. The second-order valence-electron chi connectivity index (χ2n) is 6.68. The highest BCUT2D eigenvalue weighted by atomic mass is 127. The molecule has 0 saturated carbocycles. The Morgan fingerprint density at radius 3 is 2.74 bits per heavy atom. The van der Waals surface area contributed by atoms with Gasteiger partial charge in [-0.3, -0.25) is 14.5 Å². The van der Waals surface area contributed by atoms with Crippen molar-refractivity contribution < 1.29 is 4.74 Å². The maximum Gasteiger partial charge on any atom is 0.277 e. The number of benzene rings is 1. The van der Waals surface area contributed by atoms with E-state index in [0.29, 0.717) is 41.3 Å². The molecule has 0 radical (unpaired) electrons. The molecule has 2 heterocycles. The van der Waals surface area contributed by atoms with Crippen LogP contribution in [0.3, 0.4) is 0 Å². The third kappa shape index (κ3) is 5.59. The van der Waals surface area contributed by atoms with E-state index in [1.807, 2.05) is 38.3 Å². The molecular weight excluding hydrogens is 527 g/mol. The Hall–Kier alpha value is -2.08. The van der Waals surface area contributed by atoms with E-state index in [1.54, 1.807) is 23.5 Å². The number of aliphatic imine (C=N–C) groups is 1. The number of ether oxygens (including phenoxy) is 1. The number of hydrogen-bond donors (Lipinski definition) is 2. The van der Waals surface area contributed by atoms with Gasteiger partial charge in [-0.2, -0.15) is 5.10 Å². The molecule has 0 aliphatic carbocycles. The van der Waals surface area contributed by atoms with Crippen molar-refractivity contribution in [2.24, 2.45) is 12.0 Å². The standard InChI is InChI=1S/C21H28N6O2S.HI/c1-6-9-15-17-18(27(4)26-15)20(28)25-19(24-17)14-12-13(10-11-16(14)29-8-3)23-21(30-5)22-7-2;/h10-12H,6-9H2,1-5H3,(H,22,23)(H,24,25,28);1H. The fourth-order valence-electron chi connectivity index (χ4n) is 3.28. The molecule has 8 nitrogen and oxygen atoms in total. The van der Waals surface area contributed by atoms with Crippen molar-refractivity contribution in [1.29, 1.82) is 0 Å². The number of rotatable bonds is 7. The van der Waals surface area contributed by atoms with E-state index in [0.717, 1.165) is 29.4 Å². The Bertz CT molecular complexity index is 1120. The van der Waals surface area contributed by atoms with Gasteiger partial charge in [-0.15, -0.1) is 24.0 Å². The summed E-state index contributed by atoms with van der Waals surface area (Å²) < 4.78 is 7.41. The monoisotopic (exact) mass is 556 g/mol. The molecule has 168 valence electrons. The van der Waals surface area contributed by atoms with Crippen LogP contribution in [0, 0.1) is 0 Å². The first kappa shape index (κ1) is 25.2. The average molecular weight is 556 g/mol. The van der Waals surface area contributed by atoms with Crippen molar-refractivity contribution >= 4 is 57.6 Å². The van der Waals surface area contributed by atoms with Gasteiger partial charge in [-0.25, -0.2) is 4.98 Å². The molecule has 2 aromatic heterocycles. The molecular formula is C21H29IN6O2S. The maximum absolute atomic E-state index is 12.8. The van der Waals surface area contributed by atoms with Gasteiger partial charge < -0.3 is 15.0 Å². The number of hydrogen-bond acceptors (Lipinski definition) is 6. The summed E-state index contributed by atoms with van der Waals surface area (Å²) in [5.41, 5.74) is 3.28. The summed E-state index contributed by atoms with van der Waals surface area (Å²) in [6.07, 6.45) is 3.66. The summed E-state index contributed by atoms with van der Waals surface area (Å²) in [7, 11) is 1.77. The van der Waals surface area contributed by atoms with Gasteiger partial charge in [-0.1, -0.05) is 25.1 Å². The van der Waals surface area contributed by atoms with Crippen molar-refractivity contribution in [3.8, 4) is 17.1 Å². The Morgan fingerprint density at radius 2 is 2.10 bits per heavy atom. The lowest BCUT2D eigenvalue weighted by Gasteiger charge is -2.13. The zero-order valence-corrected chi connectivity index (χ0v) is 21.6. The molecule has 0 unspecified atom stereocenters. The minimum absolute atomic E-state index is 0. The molecule has 0 aliphatic rings. The number of anilines is 1. The number of nitrogens with zero attached hydrogens (tertiary/aromatic N) is 4. The summed E-state index contributed by atoms with van der Waals surface area (Å²) in [5, 5.41) is 8.63. The summed E-state index contributed by atoms with van der Waals surface area (Å²) in [5.74, 6) is 1.12. The van der Waals surface area contributed by atoms with Gasteiger partial charge in [0.25, 0.3) is 5.56 Å². The first-order chi connectivity index (χ1) is 14.5. The summed E-state index contributed by atoms with van der Waals surface area (Å²) in [4.78, 5) is 25.0. The van der Waals surface area contributed by atoms with Gasteiger partial charge >= 0.3 is 0 Å². The number of H-pyrrole nitrogens is 1. The van der Waals surface area contributed by atoms with Crippen LogP contribution in [0.15, 0.2) is 28.0 Å². The summed E-state index contributed by atoms with van der Waals surface area (Å²) >= 11 is 1.54. The number of aryl methyl sites for hydroxylation is 2. The van der Waals surface area contributed by atoms with Crippen LogP contribution in [0.4, 0.5) is 5.69 Å². The van der Waals surface area contributed by atoms with Gasteiger partial charge in [0.2, 0.25) is 0 Å². The Kier molecular flexibility index (Phi) is 9.35. The molecule has 31 heavy (non-hydrogen) atoms. The molecule has 0 fully saturated rings. The Morgan fingerprint density at radius 1 is 1.32 bits per heavy atom. The van der Waals surface area contributed by atoms with Gasteiger partial charge in [0.05, 0.1) is 17.9 Å². The topological polar surface area (TPSA) is 97.2 Å². The maximum atomic E-state index is 12.8. The predicted octanol–water partition coefficient (Wildman–Crippen LogP) is 4.44. The van der Waals surface area contributed by atoms with Crippen molar-refractivity contribution in [2.75, 3.05) is 24.7 Å². The van der Waals surface area contributed by atoms with Crippen LogP contribution in [-0.4, -0.2) is 44.3 Å². The number of amidine groups is 1. The quantitative estimate of drug-likeness (QED) is 0.254. The second-order valence-corrected chi connectivity index (χ2v) is 7.48. The minimum Gasteiger partial charge on any atom is -0.493 e. The number of aromatic amines is 1. The van der Waals surface area contributed by atoms with E-state index in [4.69, 9.17) is 9.72 Å². The van der Waals surface area contributed by atoms with Crippen LogP contribution >= 0.6 is 35.7 Å². The molecule has 0 bridgehead atoms. The van der Waals surface area contributed by atoms with E-state index in [-0.39, 0.29) is 29.5 Å². The van der Waals surface area contributed by atoms with E-state index < -0.39 is 0 Å². The van der Waals surface area contributed by atoms with E-state index in [9.17, 15) is 4.79 Å². The van der Waals surface area contributed by atoms with Gasteiger partial charge in [-0.05, 0) is 44.7 Å². The van der Waals surface area contributed by atoms with Crippen LogP contribution in [0.5, 0.6) is 5.75 Å². The van der Waals surface area contributed by atoms with E-state index >= 15 is 0 Å². The molecule has 0 saturated heterocycles. The zero-order valence-electron chi connectivity index (χ0n) is 18.5. The van der Waals surface area contributed by atoms with Crippen LogP contribution < -0.4 is 15.6 Å². The average Bonchev–Trinajstić information content (AvgIpc) is 3.05. The van der Waals surface area contributed by atoms with Gasteiger partial charge in [0, 0.05) is 19.3 Å². The molecule has 0 atom stereocenters. The molecule has 0 amide bonds. The lowest BCUT2D eigenvalue weighted by molar-refractivity contribution is 0.341. The van der Waals surface area contributed by atoms with Gasteiger partial charge in [0.15, 0.2) is 10.7 Å². The molecule has 10 heteroatoms. The highest BCUT2D eigenvalue weighted by molar-refractivity contribution is 14.0. The highest BCUT2D eigenvalue weighted by Gasteiger charge is 2.18. The van der Waals surface area contributed by atoms with Crippen LogP contribution in [0.25, 0.3) is 22.4 Å². The van der Waals surface area contributed by atoms with Crippen LogP contribution in [0.1, 0.15) is 32.9 Å². The molecule has 1 aromatic carbocycles. The first-order valence-corrected chi connectivity index (χ1v) is 11.3. The lowest BCUT2D eigenvalue weighted by Crippen LogP contribution is -2.13. The van der Waals surface area contributed by atoms with Crippen LogP contribution in [0.2, 0.25) is 0 Å². The van der Waals surface area contributed by atoms with E-state index in [1.165, 1.54) is 0 Å². The molecule has 0 aliphatic heterocycles. The fourth-order valence-corrected chi connectivity index (χ4v) is 3.75. The van der Waals surface area contributed by atoms with Crippen molar-refractivity contribution in [3.63, 3.8) is 0 Å². The molecule has 3 aromatic rings. The number of thioether (sulfide) groups is 1. The molecule has 2 N–H and O–H groups in total. The highest BCUT2D eigenvalue weighted by Crippen LogP contribution is 2.31. The van der Waals surface area contributed by atoms with E-state index in [2.05, 4.69) is 27.3 Å². The van der Waals surface area contributed by atoms with Crippen LogP contribution in [-0.2, 0) is 13.5 Å². The number of fused-ring (bicyclic) bond motifs is 1. The summed E-state index contributed by atoms with van der Waals surface area (Å²) in [6, 6.07) is 5.73. The smallest absolute Gasteiger partial charge is 0.277 e. The van der Waals surface area contributed by atoms with Crippen molar-refractivity contribution in [1.82, 2.24) is 19.7 Å². The van der Waals surface area contributed by atoms with Crippen molar-refractivity contribution in [2.45, 2.75) is 33.6 Å². The lowest BCUT2D eigenvalue weighted by atomic mass is 10.1. The molecule has 3 rings (SSSR count). The SMILES string of the molecule is CCCc1nn(C)c2c(=O)[nH]c(-c3cc(NC(=NCC)SC)ccc3OCC)nc12.I. The fraction of sp³-hybridized carbons (Fsp3) is 0.429. The Balaban J connectivity index is 0.00000341. The normalized spacial score (nSPS) is 11.5. The predicted molar refractivity (Wildman–Crippen MR) is 140 cm³/mol. The number of aromatic nitrogens is 4. The third-order valence-electron chi connectivity index (χ3n) is 4.53. The largest absolute Gasteiger partial charge is 0.493 e. The number of nitrogens with one attached hydrogen (secondary N) is 2. The molecule has 0 spiro atoms. The Labute approximate surface area is 203 Å². The zero-order chi connectivity index (χ0) is 21.7. The van der Waals surface area contributed by atoms with Crippen molar-refractivity contribution in [3.05, 3.63) is 34.2 Å². The number of halogens is 1. The second kappa shape index (κ2) is 11.5. The third-order valence-corrected chi connectivity index (χ3v) is 5.15. The van der Waals surface area contributed by atoms with Gasteiger partial charge in [0.1, 0.15) is 17.1 Å². The minimum atomic E-state index is -0.217.